The molecule has 7 nitrogen and oxygen atoms in total. The minimum Gasteiger partial charge on any atom is -0.352 e. The predicted molar refractivity (Wildman–Crippen MR) is 109 cm³/mol. The van der Waals surface area contributed by atoms with Gasteiger partial charge in [-0.05, 0) is 29.7 Å². The van der Waals surface area contributed by atoms with E-state index in [0.717, 1.165) is 29.8 Å². The van der Waals surface area contributed by atoms with E-state index < -0.39 is 0 Å². The number of hydrogen-bond donors (Lipinski definition) is 3. The third-order valence-corrected chi connectivity index (χ3v) is 5.43. The van der Waals surface area contributed by atoms with Gasteiger partial charge in [-0.25, -0.2) is 0 Å². The van der Waals surface area contributed by atoms with Gasteiger partial charge in [0.2, 0.25) is 11.8 Å². The molecule has 1 aromatic carbocycles. The van der Waals surface area contributed by atoms with E-state index in [1.807, 2.05) is 57.6 Å². The van der Waals surface area contributed by atoms with Gasteiger partial charge in [-0.3, -0.25) is 14.3 Å². The molecule has 1 aliphatic heterocycles. The summed E-state index contributed by atoms with van der Waals surface area (Å²) in [5.74, 6) is 0.0444. The molecule has 1 aromatic heterocycles. The normalized spacial score (nSPS) is 20.0. The van der Waals surface area contributed by atoms with Gasteiger partial charge in [-0.1, -0.05) is 26.0 Å². The van der Waals surface area contributed by atoms with Crippen LogP contribution in [0.15, 0.2) is 36.7 Å². The van der Waals surface area contributed by atoms with E-state index in [0.29, 0.717) is 13.1 Å². The zero-order valence-electron chi connectivity index (χ0n) is 16.7. The number of carbonyl (C=O) groups is 2. The number of aryl methyl sites for hydroxylation is 1. The van der Waals surface area contributed by atoms with Crippen molar-refractivity contribution in [2.75, 3.05) is 18.4 Å². The lowest BCUT2D eigenvalue weighted by atomic mass is 9.90. The topological polar surface area (TPSA) is 88.1 Å². The number of benzene rings is 1. The Bertz CT molecular complexity index is 832. The number of carbonyl (C=O) groups excluding carboxylic acids is 2. The van der Waals surface area contributed by atoms with Crippen molar-refractivity contribution in [3.63, 3.8) is 0 Å². The van der Waals surface area contributed by atoms with Crippen molar-refractivity contribution < 1.29 is 9.59 Å². The summed E-state index contributed by atoms with van der Waals surface area (Å²) in [6.45, 7) is 5.78. The highest BCUT2D eigenvalue weighted by Crippen LogP contribution is 2.28. The number of anilines is 1. The minimum absolute atomic E-state index is 0.0139. The van der Waals surface area contributed by atoms with Crippen molar-refractivity contribution in [3.05, 3.63) is 47.8 Å². The molecule has 0 bridgehead atoms. The molecule has 0 radical (unpaired) electrons. The summed E-state index contributed by atoms with van der Waals surface area (Å²) in [5.41, 5.74) is 2.80. The van der Waals surface area contributed by atoms with E-state index in [4.69, 9.17) is 0 Å². The van der Waals surface area contributed by atoms with Crippen molar-refractivity contribution in [2.45, 2.75) is 32.7 Å². The molecule has 0 spiro atoms. The third kappa shape index (κ3) is 4.78. The zero-order chi connectivity index (χ0) is 20.1. The molecule has 0 saturated carbocycles. The first kappa shape index (κ1) is 20.1. The zero-order valence-corrected chi connectivity index (χ0v) is 16.7. The average molecular weight is 383 g/mol. The standard InChI is InChI=1S/C21H29N5O2/c1-4-14(2)20(27)25-17-7-5-6-15(8-17)9-23-21(28)19-12-22-11-18(19)16-10-24-26(3)13-16/h5-8,10,13-14,18-19,22H,4,9,11-12H2,1-3H3,(H,23,28)(H,25,27)/t14?,18-,19+/m1/s1. The molecule has 1 fully saturated rings. The maximum atomic E-state index is 12.8. The van der Waals surface area contributed by atoms with Gasteiger partial charge >= 0.3 is 0 Å². The summed E-state index contributed by atoms with van der Waals surface area (Å²) in [7, 11) is 1.88. The first-order valence-corrected chi connectivity index (χ1v) is 9.84. The van der Waals surface area contributed by atoms with Crippen LogP contribution in [-0.4, -0.2) is 34.7 Å². The summed E-state index contributed by atoms with van der Waals surface area (Å²) in [4.78, 5) is 24.8. The smallest absolute Gasteiger partial charge is 0.227 e. The quantitative estimate of drug-likeness (QED) is 0.683. The van der Waals surface area contributed by atoms with Crippen molar-refractivity contribution in [1.29, 1.82) is 0 Å². The van der Waals surface area contributed by atoms with E-state index in [2.05, 4.69) is 21.0 Å². The maximum absolute atomic E-state index is 12.8. The highest BCUT2D eigenvalue weighted by Gasteiger charge is 2.34. The molecule has 150 valence electrons. The van der Waals surface area contributed by atoms with Crippen LogP contribution >= 0.6 is 0 Å². The lowest BCUT2D eigenvalue weighted by Gasteiger charge is -2.17. The Balaban J connectivity index is 1.58. The van der Waals surface area contributed by atoms with Gasteiger partial charge in [-0.15, -0.1) is 0 Å². The highest BCUT2D eigenvalue weighted by molar-refractivity contribution is 5.92. The molecule has 3 N–H and O–H groups in total. The van der Waals surface area contributed by atoms with Crippen LogP contribution in [0.4, 0.5) is 5.69 Å². The van der Waals surface area contributed by atoms with Gasteiger partial charge in [-0.2, -0.15) is 5.10 Å². The fourth-order valence-electron chi connectivity index (χ4n) is 3.47. The first-order chi connectivity index (χ1) is 13.5. The van der Waals surface area contributed by atoms with Gasteiger partial charge < -0.3 is 16.0 Å². The van der Waals surface area contributed by atoms with Crippen molar-refractivity contribution in [2.24, 2.45) is 18.9 Å². The van der Waals surface area contributed by atoms with Crippen LogP contribution in [0.5, 0.6) is 0 Å². The Morgan fingerprint density at radius 3 is 2.89 bits per heavy atom. The summed E-state index contributed by atoms with van der Waals surface area (Å²) in [6.07, 6.45) is 4.61. The molecule has 1 saturated heterocycles. The number of aromatic nitrogens is 2. The van der Waals surface area contributed by atoms with Crippen LogP contribution in [0.1, 0.15) is 37.3 Å². The van der Waals surface area contributed by atoms with Crippen molar-refractivity contribution in [3.8, 4) is 0 Å². The Labute approximate surface area is 165 Å². The van der Waals surface area contributed by atoms with Crippen LogP contribution < -0.4 is 16.0 Å². The summed E-state index contributed by atoms with van der Waals surface area (Å²) in [5, 5.41) is 13.5. The molecule has 2 aromatic rings. The highest BCUT2D eigenvalue weighted by atomic mass is 16.2. The van der Waals surface area contributed by atoms with E-state index in [9.17, 15) is 9.59 Å². The fourth-order valence-corrected chi connectivity index (χ4v) is 3.47. The lowest BCUT2D eigenvalue weighted by molar-refractivity contribution is -0.125. The van der Waals surface area contributed by atoms with Crippen LogP contribution in [0.3, 0.4) is 0 Å². The average Bonchev–Trinajstić information content (AvgIpc) is 3.34. The Kier molecular flexibility index (Phi) is 6.46. The monoisotopic (exact) mass is 383 g/mol. The van der Waals surface area contributed by atoms with Crippen LogP contribution in [0.25, 0.3) is 0 Å². The van der Waals surface area contributed by atoms with Crippen molar-refractivity contribution in [1.82, 2.24) is 20.4 Å². The van der Waals surface area contributed by atoms with Gasteiger partial charge in [0, 0.05) is 50.4 Å². The molecule has 2 heterocycles. The summed E-state index contributed by atoms with van der Waals surface area (Å²) in [6, 6.07) is 7.62. The molecule has 28 heavy (non-hydrogen) atoms. The number of nitrogens with one attached hydrogen (secondary N) is 3. The van der Waals surface area contributed by atoms with Gasteiger partial charge in [0.1, 0.15) is 0 Å². The van der Waals surface area contributed by atoms with E-state index in [-0.39, 0.29) is 29.6 Å². The molecular formula is C21H29N5O2. The maximum Gasteiger partial charge on any atom is 0.227 e. The molecule has 3 atom stereocenters. The predicted octanol–water partition coefficient (Wildman–Crippen LogP) is 2.02. The lowest BCUT2D eigenvalue weighted by Crippen LogP contribution is -2.34. The molecule has 2 amide bonds. The third-order valence-electron chi connectivity index (χ3n) is 5.43. The first-order valence-electron chi connectivity index (χ1n) is 9.84. The molecule has 1 unspecified atom stereocenters. The van der Waals surface area contributed by atoms with E-state index in [1.165, 1.54) is 0 Å². The van der Waals surface area contributed by atoms with E-state index in [1.54, 1.807) is 4.68 Å². The summed E-state index contributed by atoms with van der Waals surface area (Å²) < 4.78 is 1.77. The number of nitrogens with zero attached hydrogens (tertiary/aromatic N) is 2. The van der Waals surface area contributed by atoms with Gasteiger partial charge in [0.05, 0.1) is 12.1 Å². The molecule has 1 aliphatic rings. The fraction of sp³-hybridized carbons (Fsp3) is 0.476. The molecule has 0 aliphatic carbocycles. The second-order valence-electron chi connectivity index (χ2n) is 7.54. The van der Waals surface area contributed by atoms with Gasteiger partial charge in [0.25, 0.3) is 0 Å². The largest absolute Gasteiger partial charge is 0.352 e. The van der Waals surface area contributed by atoms with Crippen molar-refractivity contribution >= 4 is 17.5 Å². The Hall–Kier alpha value is -2.67. The molecule has 3 rings (SSSR count). The van der Waals surface area contributed by atoms with Crippen LogP contribution in [0.2, 0.25) is 0 Å². The van der Waals surface area contributed by atoms with Crippen LogP contribution in [-0.2, 0) is 23.2 Å². The number of hydrogen-bond acceptors (Lipinski definition) is 4. The Morgan fingerprint density at radius 2 is 2.18 bits per heavy atom. The second kappa shape index (κ2) is 9.01. The SMILES string of the molecule is CCC(C)C(=O)Nc1cccc(CNC(=O)[C@H]2CNC[C@@H]2c2cnn(C)c2)c1. The second-order valence-corrected chi connectivity index (χ2v) is 7.54. The van der Waals surface area contributed by atoms with E-state index >= 15 is 0 Å². The minimum atomic E-state index is -0.113. The Morgan fingerprint density at radius 1 is 1.36 bits per heavy atom. The number of rotatable bonds is 7. The van der Waals surface area contributed by atoms with Crippen LogP contribution in [0, 0.1) is 11.8 Å². The summed E-state index contributed by atoms with van der Waals surface area (Å²) >= 11 is 0. The molecule has 7 heteroatoms. The molecular weight excluding hydrogens is 354 g/mol. The van der Waals surface area contributed by atoms with Gasteiger partial charge in [0.15, 0.2) is 0 Å². The number of amides is 2.